The maximum Gasteiger partial charge on any atom is 0.410 e. The highest BCUT2D eigenvalue weighted by Crippen LogP contribution is 2.42. The number of esters is 2. The van der Waals surface area contributed by atoms with E-state index in [0.29, 0.717) is 44.7 Å². The van der Waals surface area contributed by atoms with Crippen LogP contribution in [0.5, 0.6) is 0 Å². The number of rotatable bonds is 15. The molecule has 0 N–H and O–H groups in total. The van der Waals surface area contributed by atoms with Gasteiger partial charge in [0.15, 0.2) is 6.04 Å². The Hall–Kier alpha value is -3.33. The lowest BCUT2D eigenvalue weighted by atomic mass is 9.77. The van der Waals surface area contributed by atoms with Gasteiger partial charge in [-0.15, -0.1) is 11.8 Å². The van der Waals surface area contributed by atoms with Crippen LogP contribution >= 0.6 is 11.8 Å². The minimum Gasteiger partial charge on any atom is -0.467 e. The molecule has 9 heteroatoms. The monoisotopic (exact) mass is 568 g/mol. The molecule has 2 aromatic carbocycles. The molecule has 0 radical (unpaired) electrons. The van der Waals surface area contributed by atoms with Crippen molar-refractivity contribution in [2.75, 3.05) is 26.0 Å². The van der Waals surface area contributed by atoms with Gasteiger partial charge in [0.25, 0.3) is 0 Å². The van der Waals surface area contributed by atoms with Crippen LogP contribution in [0.15, 0.2) is 65.7 Å². The highest BCUT2D eigenvalue weighted by atomic mass is 32.2. The molecule has 1 aliphatic heterocycles. The summed E-state index contributed by atoms with van der Waals surface area (Å²) in [6.45, 7) is 5.30. The van der Waals surface area contributed by atoms with Gasteiger partial charge in [-0.2, -0.15) is 0 Å². The van der Waals surface area contributed by atoms with Crippen LogP contribution in [0.2, 0.25) is 0 Å². The van der Waals surface area contributed by atoms with E-state index in [9.17, 15) is 14.4 Å². The van der Waals surface area contributed by atoms with Gasteiger partial charge in [0.05, 0.1) is 18.8 Å². The Balaban J connectivity index is 1.74. The number of hydrogen-bond donors (Lipinski definition) is 0. The number of methoxy groups -OCH3 is 1. The Morgan fingerprint density at radius 2 is 1.65 bits per heavy atom. The summed E-state index contributed by atoms with van der Waals surface area (Å²) in [4.78, 5) is 44.1. The van der Waals surface area contributed by atoms with Gasteiger partial charge in [0.2, 0.25) is 0 Å². The first kappa shape index (κ1) is 31.2. The third kappa shape index (κ3) is 9.11. The van der Waals surface area contributed by atoms with Crippen molar-refractivity contribution < 1.29 is 28.6 Å². The van der Waals surface area contributed by atoms with E-state index in [1.54, 1.807) is 23.6 Å². The predicted molar refractivity (Wildman–Crippen MR) is 157 cm³/mol. The van der Waals surface area contributed by atoms with Gasteiger partial charge < -0.3 is 19.1 Å². The Bertz CT molecular complexity index is 1130. The topological polar surface area (TPSA) is 94.5 Å². The fraction of sp³-hybridized carbons (Fsp3) is 0.484. The number of hydrogen-bond acceptors (Lipinski definition) is 8. The lowest BCUT2D eigenvalue weighted by molar-refractivity contribution is -0.144. The highest BCUT2D eigenvalue weighted by Gasteiger charge is 2.40. The fourth-order valence-electron chi connectivity index (χ4n) is 4.80. The maximum atomic E-state index is 13.2. The molecule has 1 aliphatic rings. The fourth-order valence-corrected chi connectivity index (χ4v) is 6.18. The van der Waals surface area contributed by atoms with Crippen molar-refractivity contribution in [1.29, 1.82) is 0 Å². The first-order valence-corrected chi connectivity index (χ1v) is 14.8. The Kier molecular flexibility index (Phi) is 12.5. The minimum absolute atomic E-state index is 0.200. The van der Waals surface area contributed by atoms with Gasteiger partial charge in [0.1, 0.15) is 6.61 Å². The first-order chi connectivity index (χ1) is 19.4. The number of ether oxygens (including phenoxy) is 3. The van der Waals surface area contributed by atoms with Crippen molar-refractivity contribution in [3.63, 3.8) is 0 Å². The van der Waals surface area contributed by atoms with Gasteiger partial charge in [-0.05, 0) is 43.7 Å². The summed E-state index contributed by atoms with van der Waals surface area (Å²) in [5.74, 6) is -0.0773. The third-order valence-electron chi connectivity index (χ3n) is 7.13. The van der Waals surface area contributed by atoms with E-state index in [1.807, 2.05) is 60.7 Å². The lowest BCUT2D eigenvalue weighted by Crippen LogP contribution is -2.34. The molecule has 0 saturated carbocycles. The van der Waals surface area contributed by atoms with E-state index in [-0.39, 0.29) is 31.1 Å². The number of carbonyl (C=O) groups is 3. The normalized spacial score (nSPS) is 16.0. The zero-order chi connectivity index (χ0) is 28.8. The van der Waals surface area contributed by atoms with Crippen molar-refractivity contribution in [1.82, 2.24) is 4.90 Å². The molecule has 2 atom stereocenters. The third-order valence-corrected chi connectivity index (χ3v) is 8.42. The summed E-state index contributed by atoms with van der Waals surface area (Å²) in [5.41, 5.74) is 1.53. The molecule has 3 rings (SSSR count). The van der Waals surface area contributed by atoms with Gasteiger partial charge in [-0.3, -0.25) is 9.79 Å². The maximum absolute atomic E-state index is 13.2. The summed E-state index contributed by atoms with van der Waals surface area (Å²) < 4.78 is 15.8. The molecule has 40 heavy (non-hydrogen) atoms. The van der Waals surface area contributed by atoms with E-state index >= 15 is 0 Å². The average molecular weight is 569 g/mol. The second-order valence-electron chi connectivity index (χ2n) is 9.77. The second kappa shape index (κ2) is 16.1. The Morgan fingerprint density at radius 3 is 2.27 bits per heavy atom. The van der Waals surface area contributed by atoms with Gasteiger partial charge >= 0.3 is 18.0 Å². The van der Waals surface area contributed by atoms with Crippen LogP contribution < -0.4 is 0 Å². The molecule has 2 aromatic rings. The molecule has 1 heterocycles. The summed E-state index contributed by atoms with van der Waals surface area (Å²) in [7, 11) is 1.37. The van der Waals surface area contributed by atoms with Crippen molar-refractivity contribution in [2.24, 2.45) is 10.4 Å². The number of aliphatic imine (C=N–C) groups is 1. The van der Waals surface area contributed by atoms with Crippen LogP contribution in [0.25, 0.3) is 0 Å². The average Bonchev–Trinajstić information content (AvgIpc) is 3.49. The molecule has 1 amide bonds. The molecule has 0 saturated heterocycles. The zero-order valence-electron chi connectivity index (χ0n) is 23.7. The van der Waals surface area contributed by atoms with Crippen molar-refractivity contribution >= 4 is 34.8 Å². The SMILES string of the molecule is CCOC(=O)CC[C@@](CC)(CCCN(Cc1ccccc1)C(=O)OCc1ccccc1)C1=N[C@H](C(=O)OC)CS1. The predicted octanol–water partition coefficient (Wildman–Crippen LogP) is 6.03. The molecule has 0 unspecified atom stereocenters. The standard InChI is InChI=1S/C31H40N2O6S/c1-4-31(19-17-27(34)38-5-2,29-32-26(23-40-29)28(35)37-3)18-12-20-33(21-24-13-8-6-9-14-24)30(36)39-22-25-15-10-7-11-16-25/h6-11,13-16,26H,4-5,12,17-23H2,1-3H3/t26-,31+/m0/s1. The summed E-state index contributed by atoms with van der Waals surface area (Å²) in [6, 6.07) is 18.9. The van der Waals surface area contributed by atoms with Gasteiger partial charge in [-0.1, -0.05) is 67.6 Å². The van der Waals surface area contributed by atoms with Crippen LogP contribution in [0, 0.1) is 5.41 Å². The first-order valence-electron chi connectivity index (χ1n) is 13.8. The van der Waals surface area contributed by atoms with E-state index < -0.39 is 11.5 Å². The summed E-state index contributed by atoms with van der Waals surface area (Å²) >= 11 is 1.56. The number of benzene rings is 2. The molecular formula is C31H40N2O6S. The number of nitrogens with zero attached hydrogens (tertiary/aromatic N) is 2. The lowest BCUT2D eigenvalue weighted by Gasteiger charge is -2.33. The molecule has 0 aliphatic carbocycles. The molecule has 0 aromatic heterocycles. The summed E-state index contributed by atoms with van der Waals surface area (Å²) in [6.07, 6.45) is 2.55. The van der Waals surface area contributed by atoms with E-state index in [4.69, 9.17) is 19.2 Å². The molecule has 0 bridgehead atoms. The zero-order valence-corrected chi connectivity index (χ0v) is 24.5. The van der Waals surface area contributed by atoms with Gasteiger partial charge in [0, 0.05) is 30.7 Å². The van der Waals surface area contributed by atoms with Crippen LogP contribution in [0.1, 0.15) is 57.1 Å². The largest absolute Gasteiger partial charge is 0.467 e. The van der Waals surface area contributed by atoms with E-state index in [2.05, 4.69) is 6.92 Å². The van der Waals surface area contributed by atoms with Crippen LogP contribution in [-0.4, -0.2) is 60.0 Å². The van der Waals surface area contributed by atoms with Crippen LogP contribution in [0.4, 0.5) is 4.79 Å². The van der Waals surface area contributed by atoms with Crippen molar-refractivity contribution in [2.45, 2.75) is 65.1 Å². The minimum atomic E-state index is -0.541. The molecule has 0 spiro atoms. The van der Waals surface area contributed by atoms with Crippen molar-refractivity contribution in [3.8, 4) is 0 Å². The van der Waals surface area contributed by atoms with Crippen molar-refractivity contribution in [3.05, 3.63) is 71.8 Å². The smallest absolute Gasteiger partial charge is 0.410 e. The number of amides is 1. The molecule has 0 fully saturated rings. The number of carbonyl (C=O) groups excluding carboxylic acids is 3. The van der Waals surface area contributed by atoms with E-state index in [1.165, 1.54) is 7.11 Å². The van der Waals surface area contributed by atoms with Gasteiger partial charge in [-0.25, -0.2) is 9.59 Å². The summed E-state index contributed by atoms with van der Waals surface area (Å²) in [5, 5.41) is 0.871. The Morgan fingerprint density at radius 1 is 0.975 bits per heavy atom. The molecular weight excluding hydrogens is 528 g/mol. The van der Waals surface area contributed by atoms with Crippen LogP contribution in [-0.2, 0) is 37.0 Å². The second-order valence-corrected chi connectivity index (χ2v) is 10.8. The number of thioether (sulfide) groups is 1. The molecule has 216 valence electrons. The Labute approximate surface area is 241 Å². The van der Waals surface area contributed by atoms with Crippen LogP contribution in [0.3, 0.4) is 0 Å². The quantitative estimate of drug-likeness (QED) is 0.191. The highest BCUT2D eigenvalue weighted by molar-refractivity contribution is 8.14. The van der Waals surface area contributed by atoms with E-state index in [0.717, 1.165) is 22.6 Å². The molecule has 8 nitrogen and oxygen atoms in total.